The summed E-state index contributed by atoms with van der Waals surface area (Å²) in [6, 6.07) is 5.64. The molecule has 1 aliphatic heterocycles. The lowest BCUT2D eigenvalue weighted by Gasteiger charge is -2.30. The maximum absolute atomic E-state index is 13.1. The van der Waals surface area contributed by atoms with Gasteiger partial charge in [0.25, 0.3) is 0 Å². The molecular weight excluding hydrogens is 477 g/mol. The van der Waals surface area contributed by atoms with Crippen LogP contribution in [0.4, 0.5) is 18.0 Å². The molecule has 3 fully saturated rings. The second-order valence-electron chi connectivity index (χ2n) is 10.4. The predicted molar refractivity (Wildman–Crippen MR) is 123 cm³/mol. The number of carbonyl (C=O) groups is 1. The van der Waals surface area contributed by atoms with E-state index in [0.717, 1.165) is 38.8 Å². The fourth-order valence-corrected chi connectivity index (χ4v) is 5.86. The SMILES string of the molecule is Cn1cnc(OC(=O)N(Cc2cccc(OC(F)(F)F)c2)CC2C3CN(CC4(O)CCCC4)CC32)c1. The van der Waals surface area contributed by atoms with Crippen LogP contribution in [0.3, 0.4) is 0 Å². The van der Waals surface area contributed by atoms with Gasteiger partial charge in [-0.3, -0.25) is 4.90 Å². The first-order valence-corrected chi connectivity index (χ1v) is 12.3. The number of halogens is 3. The summed E-state index contributed by atoms with van der Waals surface area (Å²) in [6.07, 6.45) is 1.55. The predicted octanol–water partition coefficient (Wildman–Crippen LogP) is 3.80. The minimum atomic E-state index is -4.79. The molecule has 2 saturated carbocycles. The van der Waals surface area contributed by atoms with E-state index in [2.05, 4.69) is 14.6 Å². The molecule has 1 saturated heterocycles. The Kier molecular flexibility index (Phi) is 6.63. The Bertz CT molecular complexity index is 1070. The topological polar surface area (TPSA) is 80.1 Å². The van der Waals surface area contributed by atoms with Crippen LogP contribution in [0.1, 0.15) is 31.2 Å². The third-order valence-corrected chi connectivity index (χ3v) is 7.57. The van der Waals surface area contributed by atoms with Gasteiger partial charge < -0.3 is 24.0 Å². The van der Waals surface area contributed by atoms with E-state index in [-0.39, 0.29) is 24.1 Å². The van der Waals surface area contributed by atoms with Gasteiger partial charge in [-0.25, -0.2) is 9.78 Å². The number of rotatable bonds is 8. The fourth-order valence-electron chi connectivity index (χ4n) is 5.86. The third-order valence-electron chi connectivity index (χ3n) is 7.57. The molecule has 3 aliphatic rings. The number of alkyl halides is 3. The van der Waals surface area contributed by atoms with Crippen molar-refractivity contribution in [3.8, 4) is 11.6 Å². The van der Waals surface area contributed by atoms with Crippen LogP contribution in [0, 0.1) is 17.8 Å². The van der Waals surface area contributed by atoms with Crippen LogP contribution in [0.25, 0.3) is 0 Å². The van der Waals surface area contributed by atoms with E-state index in [4.69, 9.17) is 4.74 Å². The van der Waals surface area contributed by atoms with Gasteiger partial charge in [-0.2, -0.15) is 0 Å². The fraction of sp³-hybridized carbons (Fsp3) is 0.600. The zero-order valence-electron chi connectivity index (χ0n) is 20.2. The highest BCUT2D eigenvalue weighted by Gasteiger charge is 2.56. The Morgan fingerprint density at radius 1 is 1.25 bits per heavy atom. The minimum Gasteiger partial charge on any atom is -0.406 e. The summed E-state index contributed by atoms with van der Waals surface area (Å²) in [4.78, 5) is 20.9. The quantitative estimate of drug-likeness (QED) is 0.585. The minimum absolute atomic E-state index is 0.0835. The second-order valence-corrected chi connectivity index (χ2v) is 10.4. The van der Waals surface area contributed by atoms with Crippen molar-refractivity contribution in [2.24, 2.45) is 24.8 Å². The van der Waals surface area contributed by atoms with Crippen molar-refractivity contribution in [3.63, 3.8) is 0 Å². The number of nitrogens with zero attached hydrogens (tertiary/aromatic N) is 4. The van der Waals surface area contributed by atoms with E-state index >= 15 is 0 Å². The number of β-amino-alcohol motifs (C(OH)–C–C–N with tert-alkyl or cyclic N) is 1. The highest BCUT2D eigenvalue weighted by atomic mass is 19.4. The molecule has 11 heteroatoms. The Morgan fingerprint density at radius 2 is 1.97 bits per heavy atom. The Morgan fingerprint density at radius 3 is 2.61 bits per heavy atom. The van der Waals surface area contributed by atoms with Gasteiger partial charge in [0.15, 0.2) is 0 Å². The summed E-state index contributed by atoms with van der Waals surface area (Å²) in [5.74, 6) is 0.973. The average Bonchev–Trinajstić information content (AvgIpc) is 3.21. The molecule has 1 N–H and O–H groups in total. The van der Waals surface area contributed by atoms with E-state index in [9.17, 15) is 23.1 Å². The van der Waals surface area contributed by atoms with Crippen molar-refractivity contribution in [1.82, 2.24) is 19.4 Å². The molecular formula is C25H31F3N4O4. The van der Waals surface area contributed by atoms with Crippen LogP contribution in [0.2, 0.25) is 0 Å². The van der Waals surface area contributed by atoms with Crippen molar-refractivity contribution in [3.05, 3.63) is 42.4 Å². The van der Waals surface area contributed by atoms with Crippen molar-refractivity contribution >= 4 is 6.09 Å². The third kappa shape index (κ3) is 5.95. The molecule has 0 bridgehead atoms. The van der Waals surface area contributed by atoms with Gasteiger partial charge in [-0.1, -0.05) is 25.0 Å². The molecule has 2 heterocycles. The van der Waals surface area contributed by atoms with Gasteiger partial charge >= 0.3 is 12.5 Å². The van der Waals surface area contributed by atoms with Crippen LogP contribution in [0.5, 0.6) is 11.6 Å². The highest BCUT2D eigenvalue weighted by molar-refractivity contribution is 5.70. The maximum atomic E-state index is 13.1. The number of hydrogen-bond donors (Lipinski definition) is 1. The van der Waals surface area contributed by atoms with E-state index in [0.29, 0.717) is 30.5 Å². The number of piperidine rings is 1. The smallest absolute Gasteiger partial charge is 0.406 e. The summed E-state index contributed by atoms with van der Waals surface area (Å²) >= 11 is 0. The molecule has 5 rings (SSSR count). The number of aryl methyl sites for hydroxylation is 1. The zero-order valence-corrected chi connectivity index (χ0v) is 20.2. The maximum Gasteiger partial charge on any atom is 0.573 e. The summed E-state index contributed by atoms with van der Waals surface area (Å²) in [5, 5.41) is 10.7. The molecule has 1 aromatic heterocycles. The summed E-state index contributed by atoms with van der Waals surface area (Å²) in [5.41, 5.74) is -0.0699. The van der Waals surface area contributed by atoms with Crippen LogP contribution >= 0.6 is 0 Å². The first-order valence-electron chi connectivity index (χ1n) is 12.3. The van der Waals surface area contributed by atoms with Crippen LogP contribution in [-0.2, 0) is 13.6 Å². The van der Waals surface area contributed by atoms with Gasteiger partial charge in [0.2, 0.25) is 5.88 Å². The number of fused-ring (bicyclic) bond motifs is 1. The van der Waals surface area contributed by atoms with Crippen LogP contribution in [-0.4, -0.2) is 68.7 Å². The average molecular weight is 509 g/mol. The number of ether oxygens (including phenoxy) is 2. The molecule has 36 heavy (non-hydrogen) atoms. The number of imidazole rings is 1. The lowest BCUT2D eigenvalue weighted by Crippen LogP contribution is -2.42. The van der Waals surface area contributed by atoms with Gasteiger partial charge in [0.1, 0.15) is 5.75 Å². The van der Waals surface area contributed by atoms with Crippen LogP contribution < -0.4 is 9.47 Å². The van der Waals surface area contributed by atoms with E-state index in [1.807, 2.05) is 0 Å². The monoisotopic (exact) mass is 508 g/mol. The number of likely N-dealkylation sites (tertiary alicyclic amines) is 1. The zero-order chi connectivity index (χ0) is 25.5. The van der Waals surface area contributed by atoms with Gasteiger partial charge in [-0.05, 0) is 48.3 Å². The Labute approximate surface area is 207 Å². The standard InChI is InChI=1S/C25H31F3N4O4/c1-30-14-22(29-16-30)35-23(33)32(10-17-5-4-6-18(9-17)36-25(26,27)28)13-21-19-11-31(12-20(19)21)15-24(34)7-2-3-8-24/h4-6,9,14,16,19-21,34H,2-3,7-8,10-13,15H2,1H3. The van der Waals surface area contributed by atoms with Crippen molar-refractivity contribution < 1.29 is 32.5 Å². The summed E-state index contributed by atoms with van der Waals surface area (Å²) in [7, 11) is 1.76. The molecule has 1 amide bonds. The first-order chi connectivity index (χ1) is 17.1. The normalized spacial score (nSPS) is 25.0. The number of aliphatic hydroxyl groups is 1. The molecule has 2 unspecified atom stereocenters. The van der Waals surface area contributed by atoms with Gasteiger partial charge in [0, 0.05) is 39.8 Å². The molecule has 2 aromatic rings. The Hall–Kier alpha value is -2.79. The molecule has 0 radical (unpaired) electrons. The lowest BCUT2D eigenvalue weighted by molar-refractivity contribution is -0.274. The molecule has 2 atom stereocenters. The largest absolute Gasteiger partial charge is 0.573 e. The second kappa shape index (κ2) is 9.59. The summed E-state index contributed by atoms with van der Waals surface area (Å²) < 4.78 is 49.2. The van der Waals surface area contributed by atoms with E-state index in [1.165, 1.54) is 29.4 Å². The lowest BCUT2D eigenvalue weighted by atomic mass is 10.0. The van der Waals surface area contributed by atoms with Crippen LogP contribution in [0.15, 0.2) is 36.8 Å². The van der Waals surface area contributed by atoms with Crippen molar-refractivity contribution in [2.45, 2.75) is 44.2 Å². The molecule has 0 spiro atoms. The number of aromatic nitrogens is 2. The van der Waals surface area contributed by atoms with Crippen molar-refractivity contribution in [2.75, 3.05) is 26.2 Å². The summed E-state index contributed by atoms with van der Waals surface area (Å²) in [6.45, 7) is 2.99. The molecule has 2 aliphatic carbocycles. The number of hydrogen-bond acceptors (Lipinski definition) is 6. The first kappa shape index (κ1) is 24.9. The van der Waals surface area contributed by atoms with E-state index in [1.54, 1.807) is 23.9 Å². The van der Waals surface area contributed by atoms with E-state index < -0.39 is 18.1 Å². The van der Waals surface area contributed by atoms with Crippen molar-refractivity contribution in [1.29, 1.82) is 0 Å². The molecule has 8 nitrogen and oxygen atoms in total. The number of carbonyl (C=O) groups excluding carboxylic acids is 1. The molecule has 196 valence electrons. The Balaban J connectivity index is 1.23. The number of benzene rings is 1. The highest BCUT2D eigenvalue weighted by Crippen LogP contribution is 2.52. The number of amides is 1. The molecule has 1 aromatic carbocycles. The van der Waals surface area contributed by atoms with Gasteiger partial charge in [0.05, 0.1) is 18.1 Å². The van der Waals surface area contributed by atoms with Gasteiger partial charge in [-0.15, -0.1) is 13.2 Å².